The highest BCUT2D eigenvalue weighted by atomic mass is 35.5. The molecule has 2 N–H and O–H groups in total. The smallest absolute Gasteiger partial charge is 0.267 e. The number of halogens is 1. The summed E-state index contributed by atoms with van der Waals surface area (Å²) in [5, 5.41) is 3.31. The first-order chi connectivity index (χ1) is 13.7. The average Bonchev–Trinajstić information content (AvgIpc) is 3.02. The van der Waals surface area contributed by atoms with E-state index < -0.39 is 15.9 Å². The monoisotopic (exact) mass is 451 g/mol. The lowest BCUT2D eigenvalue weighted by Crippen LogP contribution is -2.12. The second-order valence-electron chi connectivity index (χ2n) is 6.15. The number of ether oxygens (including phenoxy) is 1. The molecule has 0 bridgehead atoms. The quantitative estimate of drug-likeness (QED) is 0.576. The number of thiazole rings is 1. The number of rotatable bonds is 6. The SMILES string of the molecule is COc1ccc(C)cc1NC(=O)c1sc(NS(=O)(=O)c2ccc(Cl)cc2)nc1C. The number of aromatic nitrogens is 1. The maximum Gasteiger partial charge on any atom is 0.267 e. The van der Waals surface area contributed by atoms with Crippen LogP contribution in [0.1, 0.15) is 20.9 Å². The van der Waals surface area contributed by atoms with Crippen LogP contribution in [-0.4, -0.2) is 26.4 Å². The summed E-state index contributed by atoms with van der Waals surface area (Å²) in [6, 6.07) is 11.2. The van der Waals surface area contributed by atoms with Crippen LogP contribution in [0.15, 0.2) is 47.4 Å². The number of nitrogens with one attached hydrogen (secondary N) is 2. The Morgan fingerprint density at radius 3 is 2.48 bits per heavy atom. The summed E-state index contributed by atoms with van der Waals surface area (Å²) in [5.74, 6) is 0.121. The van der Waals surface area contributed by atoms with E-state index in [1.54, 1.807) is 19.1 Å². The molecule has 0 saturated carbocycles. The van der Waals surface area contributed by atoms with Crippen LogP contribution in [0.25, 0.3) is 0 Å². The summed E-state index contributed by atoms with van der Waals surface area (Å²) in [6.07, 6.45) is 0. The Morgan fingerprint density at radius 2 is 1.83 bits per heavy atom. The van der Waals surface area contributed by atoms with Crippen molar-refractivity contribution >= 4 is 49.7 Å². The molecule has 0 radical (unpaired) electrons. The second kappa shape index (κ2) is 8.40. The zero-order valence-electron chi connectivity index (χ0n) is 15.8. The molecule has 1 amide bonds. The van der Waals surface area contributed by atoms with Crippen LogP contribution in [-0.2, 0) is 10.0 Å². The Kier molecular flexibility index (Phi) is 6.11. The van der Waals surface area contributed by atoms with Gasteiger partial charge in [-0.2, -0.15) is 0 Å². The van der Waals surface area contributed by atoms with E-state index in [9.17, 15) is 13.2 Å². The number of methoxy groups -OCH3 is 1. The van der Waals surface area contributed by atoms with Crippen molar-refractivity contribution in [3.63, 3.8) is 0 Å². The predicted molar refractivity (Wildman–Crippen MR) is 115 cm³/mol. The number of aryl methyl sites for hydroxylation is 2. The molecule has 2 aromatic carbocycles. The standard InChI is InChI=1S/C19H18ClN3O4S2/c1-11-4-9-16(27-3)15(10-11)22-18(24)17-12(2)21-19(28-17)23-29(25,26)14-7-5-13(20)6-8-14/h4-10H,1-3H3,(H,21,23)(H,22,24). The van der Waals surface area contributed by atoms with Crippen molar-refractivity contribution in [2.75, 3.05) is 17.1 Å². The van der Waals surface area contributed by atoms with Crippen LogP contribution in [0.2, 0.25) is 5.02 Å². The Labute approximate surface area is 177 Å². The molecular formula is C19H18ClN3O4S2. The van der Waals surface area contributed by atoms with Crippen LogP contribution in [0, 0.1) is 13.8 Å². The average molecular weight is 452 g/mol. The van der Waals surface area contributed by atoms with Crippen molar-refractivity contribution in [3.05, 3.63) is 63.6 Å². The fourth-order valence-electron chi connectivity index (χ4n) is 2.54. The fourth-order valence-corrected chi connectivity index (χ4v) is 4.76. The topological polar surface area (TPSA) is 97.4 Å². The van der Waals surface area contributed by atoms with Crippen molar-refractivity contribution < 1.29 is 17.9 Å². The van der Waals surface area contributed by atoms with Gasteiger partial charge in [-0.15, -0.1) is 0 Å². The lowest BCUT2D eigenvalue weighted by Gasteiger charge is -2.10. The van der Waals surface area contributed by atoms with Gasteiger partial charge in [0.05, 0.1) is 23.4 Å². The second-order valence-corrected chi connectivity index (χ2v) is 9.27. The van der Waals surface area contributed by atoms with E-state index in [0.29, 0.717) is 27.0 Å². The van der Waals surface area contributed by atoms with Gasteiger partial charge in [-0.1, -0.05) is 29.0 Å². The first-order valence-electron chi connectivity index (χ1n) is 8.41. The molecule has 3 aromatic rings. The van der Waals surface area contributed by atoms with Crippen LogP contribution in [0.4, 0.5) is 10.8 Å². The first kappa shape index (κ1) is 21.1. The Hall–Kier alpha value is -2.62. The lowest BCUT2D eigenvalue weighted by molar-refractivity contribution is 0.102. The van der Waals surface area contributed by atoms with Crippen molar-refractivity contribution in [1.82, 2.24) is 4.98 Å². The van der Waals surface area contributed by atoms with Crippen molar-refractivity contribution in [2.45, 2.75) is 18.7 Å². The highest BCUT2D eigenvalue weighted by Gasteiger charge is 2.21. The van der Waals surface area contributed by atoms with Gasteiger partial charge in [0, 0.05) is 5.02 Å². The summed E-state index contributed by atoms with van der Waals surface area (Å²) in [5.41, 5.74) is 1.89. The molecule has 0 fully saturated rings. The van der Waals surface area contributed by atoms with Gasteiger partial charge in [0.1, 0.15) is 10.6 Å². The molecule has 0 saturated heterocycles. The Bertz CT molecular complexity index is 1160. The van der Waals surface area contributed by atoms with E-state index in [2.05, 4.69) is 15.0 Å². The van der Waals surface area contributed by atoms with Gasteiger partial charge in [0.2, 0.25) is 0 Å². The normalized spacial score (nSPS) is 11.2. The van der Waals surface area contributed by atoms with Crippen molar-refractivity contribution in [2.24, 2.45) is 0 Å². The Balaban J connectivity index is 1.82. The van der Waals surface area contributed by atoms with Crippen molar-refractivity contribution in [1.29, 1.82) is 0 Å². The summed E-state index contributed by atoms with van der Waals surface area (Å²) in [6.45, 7) is 3.54. The summed E-state index contributed by atoms with van der Waals surface area (Å²) >= 11 is 6.75. The number of amides is 1. The minimum Gasteiger partial charge on any atom is -0.495 e. The summed E-state index contributed by atoms with van der Waals surface area (Å²) in [7, 11) is -2.33. The molecule has 1 heterocycles. The molecule has 0 aliphatic rings. The number of sulfonamides is 1. The largest absolute Gasteiger partial charge is 0.495 e. The molecule has 1 aromatic heterocycles. The van der Waals surface area contributed by atoms with Gasteiger partial charge in [-0.05, 0) is 55.8 Å². The van der Waals surface area contributed by atoms with E-state index in [1.807, 2.05) is 13.0 Å². The maximum absolute atomic E-state index is 12.7. The molecule has 0 spiro atoms. The highest BCUT2D eigenvalue weighted by molar-refractivity contribution is 7.93. The maximum atomic E-state index is 12.7. The Morgan fingerprint density at radius 1 is 1.14 bits per heavy atom. The molecule has 0 aliphatic heterocycles. The third kappa shape index (κ3) is 4.87. The minimum atomic E-state index is -3.85. The van der Waals surface area contributed by atoms with Gasteiger partial charge in [-0.25, -0.2) is 13.4 Å². The molecule has 10 heteroatoms. The minimum absolute atomic E-state index is 0.0465. The number of carbonyl (C=O) groups is 1. The molecule has 0 atom stereocenters. The number of carbonyl (C=O) groups excluding carboxylic acids is 1. The zero-order valence-corrected chi connectivity index (χ0v) is 18.2. The number of benzene rings is 2. The number of hydrogen-bond donors (Lipinski definition) is 2. The summed E-state index contributed by atoms with van der Waals surface area (Å²) < 4.78 is 32.7. The molecule has 29 heavy (non-hydrogen) atoms. The van der Waals surface area contributed by atoms with E-state index in [4.69, 9.17) is 16.3 Å². The number of anilines is 2. The third-order valence-corrected chi connectivity index (χ3v) is 6.76. The molecular weight excluding hydrogens is 434 g/mol. The van der Waals surface area contributed by atoms with Crippen LogP contribution >= 0.6 is 22.9 Å². The summed E-state index contributed by atoms with van der Waals surface area (Å²) in [4.78, 5) is 17.2. The number of hydrogen-bond acceptors (Lipinski definition) is 6. The molecule has 0 unspecified atom stereocenters. The lowest BCUT2D eigenvalue weighted by atomic mass is 10.2. The van der Waals surface area contributed by atoms with E-state index >= 15 is 0 Å². The molecule has 7 nitrogen and oxygen atoms in total. The van der Waals surface area contributed by atoms with Gasteiger partial charge in [0.15, 0.2) is 5.13 Å². The predicted octanol–water partition coefficient (Wildman–Crippen LogP) is 4.48. The van der Waals surface area contributed by atoms with E-state index in [0.717, 1.165) is 16.9 Å². The highest BCUT2D eigenvalue weighted by Crippen LogP contribution is 2.29. The van der Waals surface area contributed by atoms with Gasteiger partial charge in [-0.3, -0.25) is 9.52 Å². The van der Waals surface area contributed by atoms with Gasteiger partial charge < -0.3 is 10.1 Å². The number of nitrogens with zero attached hydrogens (tertiary/aromatic N) is 1. The van der Waals surface area contributed by atoms with Gasteiger partial charge in [0.25, 0.3) is 15.9 Å². The zero-order chi connectivity index (χ0) is 21.2. The molecule has 0 aliphatic carbocycles. The fraction of sp³-hybridized carbons (Fsp3) is 0.158. The first-order valence-corrected chi connectivity index (χ1v) is 11.1. The van der Waals surface area contributed by atoms with Crippen molar-refractivity contribution in [3.8, 4) is 5.75 Å². The van der Waals surface area contributed by atoms with Crippen LogP contribution in [0.5, 0.6) is 5.75 Å². The van der Waals surface area contributed by atoms with Crippen LogP contribution < -0.4 is 14.8 Å². The molecule has 3 rings (SSSR count). The molecule has 152 valence electrons. The van der Waals surface area contributed by atoms with E-state index in [1.165, 1.54) is 31.4 Å². The van der Waals surface area contributed by atoms with Crippen LogP contribution in [0.3, 0.4) is 0 Å². The van der Waals surface area contributed by atoms with E-state index in [-0.39, 0.29) is 10.0 Å². The third-order valence-electron chi connectivity index (χ3n) is 3.95. The van der Waals surface area contributed by atoms with Gasteiger partial charge >= 0.3 is 0 Å².